The van der Waals surface area contributed by atoms with E-state index in [0.717, 1.165) is 4.47 Å². The van der Waals surface area contributed by atoms with Gasteiger partial charge in [0.1, 0.15) is 0 Å². The summed E-state index contributed by atoms with van der Waals surface area (Å²) in [5.41, 5.74) is 0.484. The molecule has 0 saturated carbocycles. The Morgan fingerprint density at radius 1 is 1.50 bits per heavy atom. The predicted molar refractivity (Wildman–Crippen MR) is 77.0 cm³/mol. The Hall–Kier alpha value is -0.580. The maximum atomic E-state index is 12.4. The molecule has 1 aromatic carbocycles. The van der Waals surface area contributed by atoms with Crippen molar-refractivity contribution >= 4 is 33.4 Å². The molecule has 0 heterocycles. The number of hydrogen-bond donors (Lipinski definition) is 1. The number of carbonyl (C=O) groups excluding carboxylic acids is 1. The van der Waals surface area contributed by atoms with E-state index in [-0.39, 0.29) is 18.6 Å². The third kappa shape index (κ3) is 3.97. The van der Waals surface area contributed by atoms with Crippen LogP contribution in [0.4, 0.5) is 0 Å². The fourth-order valence-electron chi connectivity index (χ4n) is 1.65. The van der Waals surface area contributed by atoms with Crippen LogP contribution in [0.1, 0.15) is 30.6 Å². The summed E-state index contributed by atoms with van der Waals surface area (Å²) in [6, 6.07) is 5.29. The van der Waals surface area contributed by atoms with Gasteiger partial charge in [-0.25, -0.2) is 0 Å². The van der Waals surface area contributed by atoms with Crippen molar-refractivity contribution in [1.82, 2.24) is 4.90 Å². The van der Waals surface area contributed by atoms with Crippen molar-refractivity contribution in [2.45, 2.75) is 26.3 Å². The van der Waals surface area contributed by atoms with Crippen LogP contribution in [0.5, 0.6) is 0 Å². The van der Waals surface area contributed by atoms with Crippen LogP contribution in [0.25, 0.3) is 0 Å². The zero-order chi connectivity index (χ0) is 13.7. The average Bonchev–Trinajstić information content (AvgIpc) is 2.32. The summed E-state index contributed by atoms with van der Waals surface area (Å²) >= 11 is 9.39. The molecule has 1 N–H and O–H groups in total. The van der Waals surface area contributed by atoms with Crippen molar-refractivity contribution in [3.63, 3.8) is 0 Å². The lowest BCUT2D eigenvalue weighted by Gasteiger charge is -2.27. The van der Waals surface area contributed by atoms with Gasteiger partial charge in [0.15, 0.2) is 0 Å². The van der Waals surface area contributed by atoms with E-state index in [1.165, 1.54) is 0 Å². The highest BCUT2D eigenvalue weighted by molar-refractivity contribution is 9.10. The molecule has 0 saturated heterocycles. The van der Waals surface area contributed by atoms with Gasteiger partial charge in [0.05, 0.1) is 10.6 Å². The van der Waals surface area contributed by atoms with Gasteiger partial charge >= 0.3 is 0 Å². The van der Waals surface area contributed by atoms with Crippen molar-refractivity contribution in [3.8, 4) is 0 Å². The summed E-state index contributed by atoms with van der Waals surface area (Å²) in [6.07, 6.45) is 0.565. The summed E-state index contributed by atoms with van der Waals surface area (Å²) in [5.74, 6) is -0.107. The SMILES string of the molecule is CC(C)N(CCCO)C(=O)c1cc(Br)ccc1Cl. The molecule has 0 aliphatic rings. The van der Waals surface area contributed by atoms with Gasteiger partial charge in [0, 0.05) is 23.7 Å². The molecular formula is C13H17BrClNO2. The van der Waals surface area contributed by atoms with Gasteiger partial charge in [-0.2, -0.15) is 0 Å². The molecule has 1 amide bonds. The van der Waals surface area contributed by atoms with Crippen molar-refractivity contribution in [2.75, 3.05) is 13.2 Å². The van der Waals surface area contributed by atoms with E-state index in [2.05, 4.69) is 15.9 Å². The van der Waals surface area contributed by atoms with E-state index >= 15 is 0 Å². The number of aliphatic hydroxyl groups is 1. The standard InChI is InChI=1S/C13H17BrClNO2/c1-9(2)16(6-3-7-17)13(18)11-8-10(14)4-5-12(11)15/h4-5,8-9,17H,3,6-7H2,1-2H3. The first-order chi connectivity index (χ1) is 8.47. The van der Waals surface area contributed by atoms with Gasteiger partial charge in [-0.15, -0.1) is 0 Å². The molecule has 5 heteroatoms. The van der Waals surface area contributed by atoms with Crippen LogP contribution < -0.4 is 0 Å². The molecule has 0 aliphatic heterocycles. The molecule has 0 radical (unpaired) electrons. The monoisotopic (exact) mass is 333 g/mol. The number of hydrogen-bond acceptors (Lipinski definition) is 2. The average molecular weight is 335 g/mol. The summed E-state index contributed by atoms with van der Waals surface area (Å²) in [6.45, 7) is 4.49. The molecule has 0 fully saturated rings. The van der Waals surface area contributed by atoms with Crippen molar-refractivity contribution in [2.24, 2.45) is 0 Å². The number of aliphatic hydroxyl groups excluding tert-OH is 1. The molecule has 0 aliphatic carbocycles. The van der Waals surface area contributed by atoms with Gasteiger partial charge in [-0.1, -0.05) is 27.5 Å². The molecular weight excluding hydrogens is 318 g/mol. The Labute approximate surface area is 121 Å². The second-order valence-corrected chi connectivity index (χ2v) is 5.62. The topological polar surface area (TPSA) is 40.5 Å². The molecule has 0 unspecified atom stereocenters. The predicted octanol–water partition coefficient (Wildman–Crippen LogP) is 3.34. The Balaban J connectivity index is 2.98. The van der Waals surface area contributed by atoms with Crippen LogP contribution in [0.3, 0.4) is 0 Å². The molecule has 0 aromatic heterocycles. The summed E-state index contributed by atoms with van der Waals surface area (Å²) in [5, 5.41) is 9.32. The highest BCUT2D eigenvalue weighted by Gasteiger charge is 2.20. The van der Waals surface area contributed by atoms with E-state index in [0.29, 0.717) is 23.6 Å². The van der Waals surface area contributed by atoms with Gasteiger partial charge in [-0.3, -0.25) is 4.79 Å². The first-order valence-corrected chi connectivity index (χ1v) is 7.01. The number of halogens is 2. The zero-order valence-corrected chi connectivity index (χ0v) is 12.8. The number of carbonyl (C=O) groups is 1. The third-order valence-electron chi connectivity index (χ3n) is 2.60. The normalized spacial score (nSPS) is 10.8. The summed E-state index contributed by atoms with van der Waals surface area (Å²) < 4.78 is 0.820. The van der Waals surface area contributed by atoms with E-state index < -0.39 is 0 Å². The van der Waals surface area contributed by atoms with Crippen LogP contribution in [0.2, 0.25) is 5.02 Å². The van der Waals surface area contributed by atoms with Crippen molar-refractivity contribution in [3.05, 3.63) is 33.3 Å². The third-order valence-corrected chi connectivity index (χ3v) is 3.42. The van der Waals surface area contributed by atoms with Gasteiger partial charge in [-0.05, 0) is 38.5 Å². The van der Waals surface area contributed by atoms with Crippen molar-refractivity contribution in [1.29, 1.82) is 0 Å². The fraction of sp³-hybridized carbons (Fsp3) is 0.462. The van der Waals surface area contributed by atoms with E-state index in [1.807, 2.05) is 13.8 Å². The first kappa shape index (κ1) is 15.5. The molecule has 0 spiro atoms. The molecule has 0 bridgehead atoms. The van der Waals surface area contributed by atoms with E-state index in [4.69, 9.17) is 16.7 Å². The molecule has 100 valence electrons. The number of nitrogens with zero attached hydrogens (tertiary/aromatic N) is 1. The molecule has 1 rings (SSSR count). The Morgan fingerprint density at radius 3 is 2.72 bits per heavy atom. The maximum Gasteiger partial charge on any atom is 0.255 e. The number of benzene rings is 1. The first-order valence-electron chi connectivity index (χ1n) is 5.84. The molecule has 3 nitrogen and oxygen atoms in total. The molecule has 18 heavy (non-hydrogen) atoms. The van der Waals surface area contributed by atoms with Gasteiger partial charge in [0.2, 0.25) is 0 Å². The second-order valence-electron chi connectivity index (χ2n) is 4.29. The highest BCUT2D eigenvalue weighted by atomic mass is 79.9. The van der Waals surface area contributed by atoms with E-state index in [9.17, 15) is 4.79 Å². The van der Waals surface area contributed by atoms with Crippen LogP contribution in [0.15, 0.2) is 22.7 Å². The maximum absolute atomic E-state index is 12.4. The lowest BCUT2D eigenvalue weighted by Crippen LogP contribution is -2.38. The zero-order valence-electron chi connectivity index (χ0n) is 10.5. The Bertz CT molecular complexity index is 423. The minimum absolute atomic E-state index is 0.0686. The molecule has 1 aromatic rings. The van der Waals surface area contributed by atoms with Gasteiger partial charge < -0.3 is 10.0 Å². The Kier molecular flexibility index (Phi) is 6.12. The molecule has 0 atom stereocenters. The minimum Gasteiger partial charge on any atom is -0.396 e. The summed E-state index contributed by atoms with van der Waals surface area (Å²) in [7, 11) is 0. The fourth-order valence-corrected chi connectivity index (χ4v) is 2.21. The van der Waals surface area contributed by atoms with Gasteiger partial charge in [0.25, 0.3) is 5.91 Å². The smallest absolute Gasteiger partial charge is 0.255 e. The lowest BCUT2D eigenvalue weighted by molar-refractivity contribution is 0.0693. The summed E-state index contributed by atoms with van der Waals surface area (Å²) in [4.78, 5) is 14.1. The van der Waals surface area contributed by atoms with Crippen LogP contribution in [-0.4, -0.2) is 35.1 Å². The largest absolute Gasteiger partial charge is 0.396 e. The Morgan fingerprint density at radius 2 is 2.17 bits per heavy atom. The minimum atomic E-state index is -0.107. The van der Waals surface area contributed by atoms with Crippen molar-refractivity contribution < 1.29 is 9.90 Å². The number of rotatable bonds is 5. The number of amides is 1. The second kappa shape index (κ2) is 7.12. The van der Waals surface area contributed by atoms with Crippen LogP contribution >= 0.6 is 27.5 Å². The van der Waals surface area contributed by atoms with Crippen LogP contribution in [-0.2, 0) is 0 Å². The van der Waals surface area contributed by atoms with E-state index in [1.54, 1.807) is 23.1 Å². The lowest BCUT2D eigenvalue weighted by atomic mass is 10.1. The quantitative estimate of drug-likeness (QED) is 0.897. The highest BCUT2D eigenvalue weighted by Crippen LogP contribution is 2.23. The van der Waals surface area contributed by atoms with Crippen LogP contribution in [0, 0.1) is 0 Å².